The zero-order valence-electron chi connectivity index (χ0n) is 14.9. The summed E-state index contributed by atoms with van der Waals surface area (Å²) in [5.41, 5.74) is 3.43. The molecule has 0 fully saturated rings. The third kappa shape index (κ3) is 3.51. The number of aromatic amines is 1. The van der Waals surface area contributed by atoms with Crippen LogP contribution in [0.4, 0.5) is 10.2 Å². The minimum atomic E-state index is -0.244. The summed E-state index contributed by atoms with van der Waals surface area (Å²) in [6.07, 6.45) is 5.79. The molecule has 1 N–H and O–H groups in total. The second-order valence-corrected chi connectivity index (χ2v) is 6.48. The maximum atomic E-state index is 13.1. The number of likely N-dealkylation sites (N-methyl/N-ethyl adjacent to an activating group) is 1. The average Bonchev–Trinajstić information content (AvgIpc) is 3.17. The highest BCUT2D eigenvalue weighted by Gasteiger charge is 2.21. The first kappa shape index (κ1) is 17.1. The van der Waals surface area contributed by atoms with Gasteiger partial charge in [-0.2, -0.15) is 0 Å². The van der Waals surface area contributed by atoms with Crippen LogP contribution >= 0.6 is 0 Å². The van der Waals surface area contributed by atoms with Gasteiger partial charge >= 0.3 is 0 Å². The molecule has 27 heavy (non-hydrogen) atoms. The number of H-pyrrole nitrogens is 1. The van der Waals surface area contributed by atoms with Crippen LogP contribution in [-0.4, -0.2) is 57.4 Å². The van der Waals surface area contributed by atoms with Crippen molar-refractivity contribution < 1.29 is 9.18 Å². The van der Waals surface area contributed by atoms with Crippen molar-refractivity contribution in [1.29, 1.82) is 0 Å². The van der Waals surface area contributed by atoms with Gasteiger partial charge in [-0.25, -0.2) is 19.3 Å². The van der Waals surface area contributed by atoms with Crippen LogP contribution in [0.25, 0.3) is 16.7 Å². The van der Waals surface area contributed by atoms with E-state index in [9.17, 15) is 9.18 Å². The van der Waals surface area contributed by atoms with Crippen molar-refractivity contribution in [3.63, 3.8) is 0 Å². The second-order valence-electron chi connectivity index (χ2n) is 6.48. The average molecular weight is 366 g/mol. The number of nitrogens with zero attached hydrogens (tertiary/aromatic N) is 5. The zero-order valence-corrected chi connectivity index (χ0v) is 14.9. The van der Waals surface area contributed by atoms with Gasteiger partial charge in [-0.1, -0.05) is 18.2 Å². The molecule has 0 unspecified atom stereocenters. The molecule has 0 atom stereocenters. The number of benzene rings is 1. The third-order valence-corrected chi connectivity index (χ3v) is 4.71. The lowest BCUT2D eigenvalue weighted by Gasteiger charge is -2.29. The molecule has 1 amide bonds. The first-order valence-corrected chi connectivity index (χ1v) is 8.70. The molecule has 138 valence electrons. The second kappa shape index (κ2) is 7.14. The van der Waals surface area contributed by atoms with Gasteiger partial charge in [-0.3, -0.25) is 4.79 Å². The number of rotatable bonds is 4. The monoisotopic (exact) mass is 366 g/mol. The maximum Gasteiger partial charge on any atom is 0.242 e. The molecule has 1 aliphatic rings. The van der Waals surface area contributed by atoms with E-state index in [0.29, 0.717) is 30.1 Å². The summed E-state index contributed by atoms with van der Waals surface area (Å²) >= 11 is 0. The predicted molar refractivity (Wildman–Crippen MR) is 101 cm³/mol. The number of aromatic nitrogens is 4. The topological polar surface area (TPSA) is 78.0 Å². The lowest BCUT2D eigenvalue weighted by Crippen LogP contribution is -2.41. The molecule has 3 heterocycles. The maximum absolute atomic E-state index is 13.1. The van der Waals surface area contributed by atoms with Gasteiger partial charge in [0.05, 0.1) is 12.9 Å². The van der Waals surface area contributed by atoms with Crippen LogP contribution in [0.15, 0.2) is 43.0 Å². The summed E-state index contributed by atoms with van der Waals surface area (Å²) in [5, 5.41) is 0. The lowest BCUT2D eigenvalue weighted by atomic mass is 9.99. The van der Waals surface area contributed by atoms with Crippen molar-refractivity contribution in [3.8, 4) is 0 Å². The van der Waals surface area contributed by atoms with E-state index >= 15 is 0 Å². The molecule has 0 bridgehead atoms. The summed E-state index contributed by atoms with van der Waals surface area (Å²) < 4.78 is 13.1. The van der Waals surface area contributed by atoms with E-state index in [2.05, 4.69) is 19.9 Å². The van der Waals surface area contributed by atoms with Crippen LogP contribution in [0.1, 0.15) is 12.0 Å². The van der Waals surface area contributed by atoms with Crippen molar-refractivity contribution in [2.45, 2.75) is 6.42 Å². The van der Waals surface area contributed by atoms with Crippen LogP contribution in [0.3, 0.4) is 0 Å². The normalized spacial score (nSPS) is 14.3. The van der Waals surface area contributed by atoms with Gasteiger partial charge in [0.1, 0.15) is 17.7 Å². The highest BCUT2D eigenvalue weighted by atomic mass is 19.1. The highest BCUT2D eigenvalue weighted by molar-refractivity contribution is 5.87. The smallest absolute Gasteiger partial charge is 0.242 e. The quantitative estimate of drug-likeness (QED) is 0.766. The minimum Gasteiger partial charge on any atom is -0.348 e. The molecule has 2 aromatic heterocycles. The van der Waals surface area contributed by atoms with Crippen LogP contribution in [0.5, 0.6) is 0 Å². The van der Waals surface area contributed by atoms with Crippen LogP contribution in [0.2, 0.25) is 0 Å². The molecule has 3 aromatic rings. The van der Waals surface area contributed by atoms with Gasteiger partial charge in [-0.05, 0) is 29.7 Å². The van der Waals surface area contributed by atoms with Crippen molar-refractivity contribution in [2.24, 2.45) is 0 Å². The first-order valence-electron chi connectivity index (χ1n) is 8.70. The number of anilines is 1. The number of hydrogen-bond donors (Lipinski definition) is 1. The standard InChI is InChI=1S/C19H19FN6O/c1-25(19-17-18(22-11-21-17)23-12-24-19)10-16(27)26-8-6-14(7-9-26)13-2-4-15(20)5-3-13/h2-6,11-12H,7-10H2,1H3,(H,21,22,23,24). The molecule has 7 nitrogen and oxygen atoms in total. The van der Waals surface area contributed by atoms with E-state index in [0.717, 1.165) is 17.6 Å². The van der Waals surface area contributed by atoms with Gasteiger partial charge in [-0.15, -0.1) is 0 Å². The first-order chi connectivity index (χ1) is 13.1. The molecule has 4 rings (SSSR count). The Morgan fingerprint density at radius 2 is 2.07 bits per heavy atom. The Balaban J connectivity index is 1.42. The zero-order chi connectivity index (χ0) is 18.8. The fourth-order valence-corrected chi connectivity index (χ4v) is 3.24. The number of amides is 1. The van der Waals surface area contributed by atoms with Crippen molar-refractivity contribution in [2.75, 3.05) is 31.6 Å². The van der Waals surface area contributed by atoms with Crippen molar-refractivity contribution in [1.82, 2.24) is 24.8 Å². The minimum absolute atomic E-state index is 0.0261. The summed E-state index contributed by atoms with van der Waals surface area (Å²) in [5.74, 6) is 0.426. The SMILES string of the molecule is CN(CC(=O)N1CC=C(c2ccc(F)cc2)CC1)c1ncnc2nc[nH]c12. The molecule has 1 aliphatic heterocycles. The number of imidazole rings is 1. The molecule has 1 aromatic carbocycles. The van der Waals surface area contributed by atoms with Crippen molar-refractivity contribution >= 4 is 28.5 Å². The molecular formula is C19H19FN6O. The van der Waals surface area contributed by atoms with Gasteiger partial charge in [0.2, 0.25) is 5.91 Å². The van der Waals surface area contributed by atoms with E-state index in [4.69, 9.17) is 0 Å². The molecule has 0 spiro atoms. The number of carbonyl (C=O) groups excluding carboxylic acids is 1. The van der Waals surface area contributed by atoms with Crippen LogP contribution < -0.4 is 4.90 Å². The van der Waals surface area contributed by atoms with E-state index in [1.807, 2.05) is 18.0 Å². The summed E-state index contributed by atoms with van der Waals surface area (Å²) in [7, 11) is 1.82. The largest absolute Gasteiger partial charge is 0.348 e. The molecule has 0 radical (unpaired) electrons. The molecule has 0 aliphatic carbocycles. The van der Waals surface area contributed by atoms with E-state index < -0.39 is 0 Å². The summed E-state index contributed by atoms with van der Waals surface area (Å²) in [4.78, 5) is 31.8. The molecule has 8 heteroatoms. The molecular weight excluding hydrogens is 347 g/mol. The van der Waals surface area contributed by atoms with Crippen molar-refractivity contribution in [3.05, 3.63) is 54.4 Å². The van der Waals surface area contributed by atoms with Gasteiger partial charge in [0, 0.05) is 20.1 Å². The van der Waals surface area contributed by atoms with E-state index in [1.165, 1.54) is 18.5 Å². The number of carbonyl (C=O) groups is 1. The number of fused-ring (bicyclic) bond motifs is 1. The van der Waals surface area contributed by atoms with Gasteiger partial charge in [0.15, 0.2) is 11.5 Å². The third-order valence-electron chi connectivity index (χ3n) is 4.71. The van der Waals surface area contributed by atoms with Crippen LogP contribution in [-0.2, 0) is 4.79 Å². The lowest BCUT2D eigenvalue weighted by molar-refractivity contribution is -0.129. The van der Waals surface area contributed by atoms with Crippen LogP contribution in [0, 0.1) is 5.82 Å². The predicted octanol–water partition coefficient (Wildman–Crippen LogP) is 2.24. The highest BCUT2D eigenvalue weighted by Crippen LogP contribution is 2.23. The Morgan fingerprint density at radius 1 is 1.26 bits per heavy atom. The molecule has 0 saturated carbocycles. The fraction of sp³-hybridized carbons (Fsp3) is 0.263. The Labute approximate surface area is 155 Å². The Bertz CT molecular complexity index is 997. The van der Waals surface area contributed by atoms with E-state index in [1.54, 1.807) is 23.4 Å². The number of halogens is 1. The van der Waals surface area contributed by atoms with Gasteiger partial charge in [0.25, 0.3) is 0 Å². The summed E-state index contributed by atoms with van der Waals surface area (Å²) in [6.45, 7) is 1.40. The Kier molecular flexibility index (Phi) is 4.53. The Hall–Kier alpha value is -3.29. The molecule has 0 saturated heterocycles. The van der Waals surface area contributed by atoms with E-state index in [-0.39, 0.29) is 18.3 Å². The Morgan fingerprint density at radius 3 is 2.81 bits per heavy atom. The number of nitrogens with one attached hydrogen (secondary N) is 1. The number of hydrogen-bond acceptors (Lipinski definition) is 5. The summed E-state index contributed by atoms with van der Waals surface area (Å²) in [6, 6.07) is 6.47. The van der Waals surface area contributed by atoms with Gasteiger partial charge < -0.3 is 14.8 Å². The fourth-order valence-electron chi connectivity index (χ4n) is 3.24.